The first-order valence-corrected chi connectivity index (χ1v) is 13.2. The SMILES string of the molecule is COCCOCC(=O)NCCn1c(=O)n(CCNC(=O)COCCOC)c(=O)n(CCNC(=O)COCCOC)c1=O. The summed E-state index contributed by atoms with van der Waals surface area (Å²) in [7, 11) is 4.48. The summed E-state index contributed by atoms with van der Waals surface area (Å²) in [5.74, 6) is -1.42. The van der Waals surface area contributed by atoms with Gasteiger partial charge in [0.25, 0.3) is 0 Å². The zero-order chi connectivity index (χ0) is 31.2. The number of methoxy groups -OCH3 is 3. The highest BCUT2D eigenvalue weighted by molar-refractivity contribution is 5.77. The van der Waals surface area contributed by atoms with Crippen LogP contribution in [0.2, 0.25) is 0 Å². The number of nitrogens with zero attached hydrogens (tertiary/aromatic N) is 3. The van der Waals surface area contributed by atoms with E-state index in [4.69, 9.17) is 28.4 Å². The normalized spacial score (nSPS) is 10.9. The molecule has 0 fully saturated rings. The van der Waals surface area contributed by atoms with E-state index >= 15 is 0 Å². The molecule has 3 N–H and O–H groups in total. The number of nitrogens with one attached hydrogen (secondary N) is 3. The van der Waals surface area contributed by atoms with Gasteiger partial charge in [0, 0.05) is 60.6 Å². The molecule has 1 rings (SSSR count). The van der Waals surface area contributed by atoms with Crippen LogP contribution in [0.5, 0.6) is 0 Å². The van der Waals surface area contributed by atoms with Crippen molar-refractivity contribution in [2.45, 2.75) is 19.6 Å². The summed E-state index contributed by atoms with van der Waals surface area (Å²) in [4.78, 5) is 75.1. The second kappa shape index (κ2) is 22.2. The van der Waals surface area contributed by atoms with Gasteiger partial charge in [0.1, 0.15) is 19.8 Å². The van der Waals surface area contributed by atoms with Crippen LogP contribution in [-0.4, -0.2) is 132 Å². The maximum absolute atomic E-state index is 13.1. The van der Waals surface area contributed by atoms with Crippen LogP contribution in [-0.2, 0) is 62.4 Å². The largest absolute Gasteiger partial charge is 0.382 e. The molecule has 3 amide bonds. The zero-order valence-corrected chi connectivity index (χ0v) is 24.3. The van der Waals surface area contributed by atoms with E-state index < -0.39 is 34.8 Å². The molecule has 0 saturated heterocycles. The quantitative estimate of drug-likeness (QED) is 0.0952. The molecule has 1 heterocycles. The van der Waals surface area contributed by atoms with Crippen molar-refractivity contribution in [2.75, 3.05) is 100 Å². The van der Waals surface area contributed by atoms with E-state index in [0.29, 0.717) is 19.8 Å². The highest BCUT2D eigenvalue weighted by Crippen LogP contribution is 1.83. The van der Waals surface area contributed by atoms with Crippen LogP contribution in [0.3, 0.4) is 0 Å². The summed E-state index contributed by atoms with van der Waals surface area (Å²) in [6.07, 6.45) is 0. The molecular formula is C24H42N6O12. The monoisotopic (exact) mass is 606 g/mol. The van der Waals surface area contributed by atoms with Gasteiger partial charge in [-0.2, -0.15) is 0 Å². The van der Waals surface area contributed by atoms with E-state index in [1.807, 2.05) is 0 Å². The Hall–Kier alpha value is -3.42. The Morgan fingerprint density at radius 1 is 0.500 bits per heavy atom. The number of amides is 3. The van der Waals surface area contributed by atoms with Gasteiger partial charge >= 0.3 is 17.1 Å². The van der Waals surface area contributed by atoms with E-state index in [2.05, 4.69) is 16.0 Å². The Kier molecular flexibility index (Phi) is 19.4. The maximum Gasteiger partial charge on any atom is 0.336 e. The van der Waals surface area contributed by atoms with Crippen molar-refractivity contribution in [1.29, 1.82) is 0 Å². The molecule has 0 spiro atoms. The minimum absolute atomic E-state index is 0.106. The van der Waals surface area contributed by atoms with Crippen LogP contribution in [0.1, 0.15) is 0 Å². The van der Waals surface area contributed by atoms with Crippen molar-refractivity contribution >= 4 is 17.7 Å². The van der Waals surface area contributed by atoms with E-state index in [1.54, 1.807) is 0 Å². The van der Waals surface area contributed by atoms with E-state index in [1.165, 1.54) is 21.3 Å². The molecule has 18 nitrogen and oxygen atoms in total. The van der Waals surface area contributed by atoms with Gasteiger partial charge in [-0.05, 0) is 0 Å². The summed E-state index contributed by atoms with van der Waals surface area (Å²) in [5.41, 5.74) is -2.77. The highest BCUT2D eigenvalue weighted by Gasteiger charge is 2.16. The Balaban J connectivity index is 2.95. The van der Waals surface area contributed by atoms with Crippen LogP contribution in [0.4, 0.5) is 0 Å². The van der Waals surface area contributed by atoms with Crippen LogP contribution in [0.15, 0.2) is 14.4 Å². The fourth-order valence-corrected chi connectivity index (χ4v) is 3.25. The molecule has 0 saturated carbocycles. The lowest BCUT2D eigenvalue weighted by atomic mass is 10.5. The van der Waals surface area contributed by atoms with Crippen molar-refractivity contribution in [3.8, 4) is 0 Å². The number of carbonyl (C=O) groups excluding carboxylic acids is 3. The highest BCUT2D eigenvalue weighted by atomic mass is 16.5. The predicted molar refractivity (Wildman–Crippen MR) is 146 cm³/mol. The zero-order valence-electron chi connectivity index (χ0n) is 24.3. The molecule has 0 radical (unpaired) electrons. The minimum atomic E-state index is -0.923. The maximum atomic E-state index is 13.1. The third kappa shape index (κ3) is 14.5. The summed E-state index contributed by atoms with van der Waals surface area (Å²) in [5, 5.41) is 7.59. The Bertz CT molecular complexity index is 964. The first-order valence-electron chi connectivity index (χ1n) is 13.2. The van der Waals surface area contributed by atoms with Crippen molar-refractivity contribution in [3.63, 3.8) is 0 Å². The third-order valence-corrected chi connectivity index (χ3v) is 5.35. The van der Waals surface area contributed by atoms with Crippen LogP contribution >= 0.6 is 0 Å². The van der Waals surface area contributed by atoms with Gasteiger partial charge in [0.2, 0.25) is 17.7 Å². The molecule has 0 aliphatic rings. The fraction of sp³-hybridized carbons (Fsp3) is 0.750. The molecule has 0 unspecified atom stereocenters. The minimum Gasteiger partial charge on any atom is -0.382 e. The summed E-state index contributed by atoms with van der Waals surface area (Å²) in [6.45, 7) is -0.224. The lowest BCUT2D eigenvalue weighted by molar-refractivity contribution is -0.126. The van der Waals surface area contributed by atoms with Gasteiger partial charge in [-0.25, -0.2) is 28.1 Å². The van der Waals surface area contributed by atoms with Crippen molar-refractivity contribution < 1.29 is 42.8 Å². The van der Waals surface area contributed by atoms with E-state index in [0.717, 1.165) is 13.7 Å². The molecule has 1 aromatic heterocycles. The fourth-order valence-electron chi connectivity index (χ4n) is 3.25. The second-order valence-electron chi connectivity index (χ2n) is 8.49. The number of rotatable bonds is 24. The lowest BCUT2D eigenvalue weighted by Gasteiger charge is -2.15. The van der Waals surface area contributed by atoms with Gasteiger partial charge in [-0.15, -0.1) is 0 Å². The molecule has 0 aliphatic carbocycles. The first-order chi connectivity index (χ1) is 20.3. The number of ether oxygens (including phenoxy) is 6. The van der Waals surface area contributed by atoms with Crippen molar-refractivity contribution in [1.82, 2.24) is 29.7 Å². The smallest absolute Gasteiger partial charge is 0.336 e. The standard InChI is InChI=1S/C24H42N6O12/c1-37-10-13-40-16-19(31)25-4-7-28-22(34)29(8-5-26-20(32)17-41-14-11-38-2)24(36)30(23(28)35)9-6-27-21(33)18-42-15-12-39-3/h4-18H2,1-3H3,(H,25,31)(H,26,32)(H,27,33). The van der Waals surface area contributed by atoms with Gasteiger partial charge in [0.05, 0.1) is 39.6 Å². The number of hydrogen-bond donors (Lipinski definition) is 3. The molecule has 0 bridgehead atoms. The van der Waals surface area contributed by atoms with E-state index in [9.17, 15) is 28.8 Å². The molecule has 0 atom stereocenters. The predicted octanol–water partition coefficient (Wildman–Crippen LogP) is -4.49. The topological polar surface area (TPSA) is 209 Å². The third-order valence-electron chi connectivity index (χ3n) is 5.35. The molecule has 0 aliphatic heterocycles. The molecule has 0 aromatic carbocycles. The second-order valence-corrected chi connectivity index (χ2v) is 8.49. The van der Waals surface area contributed by atoms with E-state index in [-0.39, 0.29) is 78.9 Å². The summed E-state index contributed by atoms with van der Waals surface area (Å²) < 4.78 is 32.2. The summed E-state index contributed by atoms with van der Waals surface area (Å²) in [6, 6.07) is 0. The average Bonchev–Trinajstić information content (AvgIpc) is 2.97. The molecule has 1 aromatic rings. The van der Waals surface area contributed by atoms with Gasteiger partial charge in [-0.3, -0.25) is 14.4 Å². The molecule has 42 heavy (non-hydrogen) atoms. The van der Waals surface area contributed by atoms with Crippen LogP contribution in [0, 0.1) is 0 Å². The molecule has 18 heteroatoms. The van der Waals surface area contributed by atoms with Crippen LogP contribution in [0.25, 0.3) is 0 Å². The first kappa shape index (κ1) is 36.6. The van der Waals surface area contributed by atoms with Crippen molar-refractivity contribution in [3.05, 3.63) is 31.5 Å². The van der Waals surface area contributed by atoms with Gasteiger partial charge < -0.3 is 44.4 Å². The van der Waals surface area contributed by atoms with Crippen molar-refractivity contribution in [2.24, 2.45) is 0 Å². The summed E-state index contributed by atoms with van der Waals surface area (Å²) >= 11 is 0. The van der Waals surface area contributed by atoms with Gasteiger partial charge in [-0.1, -0.05) is 0 Å². The average molecular weight is 607 g/mol. The lowest BCUT2D eigenvalue weighted by Crippen LogP contribution is -2.56. The molecular weight excluding hydrogens is 564 g/mol. The van der Waals surface area contributed by atoms with Gasteiger partial charge in [0.15, 0.2) is 0 Å². The number of carbonyl (C=O) groups is 3. The Morgan fingerprint density at radius 3 is 1.00 bits per heavy atom. The van der Waals surface area contributed by atoms with Crippen LogP contribution < -0.4 is 33.0 Å². The molecule has 240 valence electrons. The number of aromatic nitrogens is 3. The Morgan fingerprint density at radius 2 is 0.762 bits per heavy atom. The Labute approximate surface area is 242 Å². The number of hydrogen-bond acceptors (Lipinski definition) is 12.